The van der Waals surface area contributed by atoms with Crippen molar-refractivity contribution in [3.63, 3.8) is 0 Å². The molecular weight excluding hydrogens is 508 g/mol. The van der Waals surface area contributed by atoms with Gasteiger partial charge in [-0.15, -0.1) is 0 Å². The number of ether oxygens (including phenoxy) is 2. The highest BCUT2D eigenvalue weighted by molar-refractivity contribution is 9.10. The Morgan fingerprint density at radius 2 is 1.58 bits per heavy atom. The summed E-state index contributed by atoms with van der Waals surface area (Å²) >= 11 is 3.54. The van der Waals surface area contributed by atoms with Gasteiger partial charge in [0.2, 0.25) is 0 Å². The molecule has 0 amide bonds. The second-order valence-electron chi connectivity index (χ2n) is 11.6. The van der Waals surface area contributed by atoms with Gasteiger partial charge in [-0.25, -0.2) is 0 Å². The van der Waals surface area contributed by atoms with Gasteiger partial charge in [0.15, 0.2) is 8.32 Å². The fourth-order valence-electron chi connectivity index (χ4n) is 3.01. The van der Waals surface area contributed by atoms with Crippen LogP contribution in [0.1, 0.15) is 41.0 Å². The highest BCUT2D eigenvalue weighted by Gasteiger charge is 2.37. The largest absolute Gasteiger partial charge is 0.494 e. The maximum atomic E-state index is 6.56. The summed E-state index contributed by atoms with van der Waals surface area (Å²) in [6, 6.07) is 12.6. The van der Waals surface area contributed by atoms with Gasteiger partial charge in [-0.2, -0.15) is 0 Å². The molecular formula is C27H44BrO3Si2. The predicted octanol–water partition coefficient (Wildman–Crippen LogP) is 8.56. The van der Waals surface area contributed by atoms with Crippen molar-refractivity contribution in [1.29, 1.82) is 0 Å². The molecule has 0 bridgehead atoms. The second kappa shape index (κ2) is 11.8. The molecule has 0 aromatic heterocycles. The Balaban J connectivity index is 1.97. The Kier molecular flexibility index (Phi) is 10.3. The zero-order valence-electron chi connectivity index (χ0n) is 22.2. The maximum absolute atomic E-state index is 6.56. The van der Waals surface area contributed by atoms with E-state index in [1.165, 1.54) is 10.8 Å². The second-order valence-corrected chi connectivity index (χ2v) is 20.7. The molecule has 1 unspecified atom stereocenters. The van der Waals surface area contributed by atoms with Crippen molar-refractivity contribution in [3.05, 3.63) is 40.9 Å². The molecule has 1 atom stereocenters. The molecule has 6 heteroatoms. The van der Waals surface area contributed by atoms with Crippen LogP contribution in [0.5, 0.6) is 5.75 Å². The van der Waals surface area contributed by atoms with Gasteiger partial charge in [0.25, 0.3) is 0 Å². The molecule has 3 nitrogen and oxygen atoms in total. The van der Waals surface area contributed by atoms with Crippen LogP contribution >= 0.6 is 15.9 Å². The summed E-state index contributed by atoms with van der Waals surface area (Å²) in [5.41, 5.74) is 0. The molecule has 0 heterocycles. The van der Waals surface area contributed by atoms with Crippen LogP contribution in [-0.2, 0) is 9.16 Å². The Morgan fingerprint density at radius 1 is 0.939 bits per heavy atom. The van der Waals surface area contributed by atoms with Gasteiger partial charge in [-0.05, 0) is 64.6 Å². The van der Waals surface area contributed by atoms with E-state index in [0.717, 1.165) is 36.5 Å². The van der Waals surface area contributed by atoms with Crippen LogP contribution in [0.3, 0.4) is 0 Å². The first-order valence-corrected chi connectivity index (χ1v) is 18.3. The first-order chi connectivity index (χ1) is 15.2. The average Bonchev–Trinajstić information content (AvgIpc) is 2.70. The van der Waals surface area contributed by atoms with Crippen LogP contribution in [0.15, 0.2) is 40.9 Å². The third-order valence-corrected chi connectivity index (χ3v) is 15.1. The van der Waals surface area contributed by atoms with Crippen molar-refractivity contribution < 1.29 is 13.9 Å². The Morgan fingerprint density at radius 3 is 2.21 bits per heavy atom. The lowest BCUT2D eigenvalue weighted by atomic mass is 10.1. The minimum atomic E-state index is -1.79. The van der Waals surface area contributed by atoms with E-state index in [9.17, 15) is 0 Å². The predicted molar refractivity (Wildman–Crippen MR) is 151 cm³/mol. The molecule has 0 N–H and O–H groups in total. The Hall–Kier alpha value is -0.666. The van der Waals surface area contributed by atoms with Crippen LogP contribution in [0.4, 0.5) is 0 Å². The molecule has 0 spiro atoms. The van der Waals surface area contributed by atoms with Crippen molar-refractivity contribution in [3.8, 4) is 5.75 Å². The number of benzene rings is 2. The van der Waals surface area contributed by atoms with Gasteiger partial charge in [-0.3, -0.25) is 0 Å². The molecule has 0 saturated heterocycles. The number of rotatable bonds is 12. The summed E-state index contributed by atoms with van der Waals surface area (Å²) < 4.78 is 20.1. The monoisotopic (exact) mass is 551 g/mol. The summed E-state index contributed by atoms with van der Waals surface area (Å²) in [5.74, 6) is 1.25. The van der Waals surface area contributed by atoms with E-state index in [1.807, 2.05) is 0 Å². The average molecular weight is 553 g/mol. The third-order valence-electron chi connectivity index (χ3n) is 7.22. The quantitative estimate of drug-likeness (QED) is 0.247. The molecule has 2 aromatic carbocycles. The molecule has 0 aliphatic carbocycles. The van der Waals surface area contributed by atoms with Crippen molar-refractivity contribution in [1.82, 2.24) is 0 Å². The van der Waals surface area contributed by atoms with Crippen molar-refractivity contribution in [2.45, 2.75) is 77.3 Å². The summed E-state index contributed by atoms with van der Waals surface area (Å²) in [4.78, 5) is 0. The van der Waals surface area contributed by atoms with E-state index < -0.39 is 17.1 Å². The van der Waals surface area contributed by atoms with Crippen LogP contribution in [0, 0.1) is 5.92 Å². The lowest BCUT2D eigenvalue weighted by molar-refractivity contribution is 0.0539. The standard InChI is InChI=1S/C27H44BrO3Si2/c1-26(2,3)33(8,9)31-19-21(18-29-20-27(4,5)32(6)7)14-15-30-25-13-11-22-16-24(28)12-10-23(22)17-25/h10-13,16-17,21H,14-15,18-20H2,1-9H3. The topological polar surface area (TPSA) is 27.7 Å². The summed E-state index contributed by atoms with van der Waals surface area (Å²) in [7, 11) is -2.21. The molecule has 0 fully saturated rings. The molecule has 2 rings (SSSR count). The van der Waals surface area contributed by atoms with Crippen LogP contribution in [0.25, 0.3) is 10.8 Å². The van der Waals surface area contributed by atoms with E-state index >= 15 is 0 Å². The molecule has 0 aliphatic heterocycles. The molecule has 2 aromatic rings. The minimum absolute atomic E-state index is 0.207. The fourth-order valence-corrected chi connectivity index (χ4v) is 4.87. The van der Waals surface area contributed by atoms with Gasteiger partial charge in [-0.1, -0.05) is 75.8 Å². The Bertz CT molecular complexity index is 891. The SMILES string of the molecule is C[Si](C)C(C)(C)COCC(CCOc1ccc2cc(Br)ccc2c1)CO[Si](C)(C)C(C)(C)C. The fraction of sp³-hybridized carbons (Fsp3) is 0.630. The number of halogens is 1. The normalized spacial score (nSPS) is 14.2. The summed E-state index contributed by atoms with van der Waals surface area (Å²) in [6.45, 7) is 23.8. The van der Waals surface area contributed by atoms with Crippen LogP contribution in [0.2, 0.25) is 36.3 Å². The molecule has 1 radical (unpaired) electrons. The zero-order valence-corrected chi connectivity index (χ0v) is 25.8. The van der Waals surface area contributed by atoms with Gasteiger partial charge < -0.3 is 13.9 Å². The molecule has 185 valence electrons. The molecule has 0 aliphatic rings. The minimum Gasteiger partial charge on any atom is -0.494 e. The summed E-state index contributed by atoms with van der Waals surface area (Å²) in [6.07, 6.45) is 0.920. The Labute approximate surface area is 213 Å². The number of hydrogen-bond donors (Lipinski definition) is 0. The van der Waals surface area contributed by atoms with Crippen LogP contribution in [-0.4, -0.2) is 43.5 Å². The maximum Gasteiger partial charge on any atom is 0.191 e. The van der Waals surface area contributed by atoms with Crippen molar-refractivity contribution in [2.24, 2.45) is 5.92 Å². The summed E-state index contributed by atoms with van der Waals surface area (Å²) in [5, 5.41) is 2.88. The zero-order chi connectivity index (χ0) is 24.9. The lowest BCUT2D eigenvalue weighted by Gasteiger charge is -2.37. The molecule has 0 saturated carbocycles. The number of hydrogen-bond acceptors (Lipinski definition) is 3. The highest BCUT2D eigenvalue weighted by Crippen LogP contribution is 2.37. The van der Waals surface area contributed by atoms with Gasteiger partial charge >= 0.3 is 0 Å². The van der Waals surface area contributed by atoms with Gasteiger partial charge in [0.05, 0.1) is 22.0 Å². The van der Waals surface area contributed by atoms with Gasteiger partial charge in [0, 0.05) is 23.6 Å². The van der Waals surface area contributed by atoms with Crippen molar-refractivity contribution >= 4 is 43.8 Å². The van der Waals surface area contributed by atoms with E-state index in [0.29, 0.717) is 12.5 Å². The van der Waals surface area contributed by atoms with E-state index in [-0.39, 0.29) is 10.1 Å². The van der Waals surface area contributed by atoms with Gasteiger partial charge in [0.1, 0.15) is 5.75 Å². The lowest BCUT2D eigenvalue weighted by Crippen LogP contribution is -2.42. The van der Waals surface area contributed by atoms with E-state index in [1.54, 1.807) is 0 Å². The van der Waals surface area contributed by atoms with E-state index in [2.05, 4.69) is 113 Å². The smallest absolute Gasteiger partial charge is 0.191 e. The van der Waals surface area contributed by atoms with Crippen LogP contribution < -0.4 is 4.74 Å². The third kappa shape index (κ3) is 8.81. The molecule has 33 heavy (non-hydrogen) atoms. The highest BCUT2D eigenvalue weighted by atomic mass is 79.9. The number of fused-ring (bicyclic) bond motifs is 1. The van der Waals surface area contributed by atoms with E-state index in [4.69, 9.17) is 13.9 Å². The van der Waals surface area contributed by atoms with Crippen molar-refractivity contribution in [2.75, 3.05) is 26.4 Å². The first kappa shape index (κ1) is 28.6. The first-order valence-electron chi connectivity index (χ1n) is 12.1.